The van der Waals surface area contributed by atoms with Crippen molar-refractivity contribution in [3.63, 3.8) is 0 Å². The normalized spacial score (nSPS) is 24.1. The third-order valence-corrected chi connectivity index (χ3v) is 4.59. The molecule has 0 aromatic carbocycles. The molecule has 2 N–H and O–H groups in total. The van der Waals surface area contributed by atoms with E-state index in [1.54, 1.807) is 0 Å². The van der Waals surface area contributed by atoms with Crippen molar-refractivity contribution in [1.29, 1.82) is 0 Å². The Bertz CT molecular complexity index is 405. The monoisotopic (exact) mass is 268 g/mol. The molecule has 1 aliphatic carbocycles. The Labute approximate surface area is 111 Å². The van der Waals surface area contributed by atoms with E-state index in [2.05, 4.69) is 17.2 Å². The summed E-state index contributed by atoms with van der Waals surface area (Å²) in [6, 6.07) is 0.568. The van der Waals surface area contributed by atoms with E-state index in [4.69, 9.17) is 5.11 Å². The van der Waals surface area contributed by atoms with Gasteiger partial charge in [-0.25, -0.2) is 9.78 Å². The van der Waals surface area contributed by atoms with E-state index in [1.807, 2.05) is 5.38 Å². The molecule has 0 saturated heterocycles. The van der Waals surface area contributed by atoms with E-state index in [0.29, 0.717) is 12.6 Å². The Balaban J connectivity index is 1.87. The summed E-state index contributed by atoms with van der Waals surface area (Å²) >= 11 is 1.20. The van der Waals surface area contributed by atoms with Crippen molar-refractivity contribution in [2.45, 2.75) is 51.6 Å². The highest BCUT2D eigenvalue weighted by atomic mass is 32.1. The number of carboxylic acid groups (broad SMARTS) is 1. The lowest BCUT2D eigenvalue weighted by Gasteiger charge is -2.31. The van der Waals surface area contributed by atoms with Crippen molar-refractivity contribution < 1.29 is 9.90 Å². The third-order valence-electron chi connectivity index (χ3n) is 3.71. The van der Waals surface area contributed by atoms with Gasteiger partial charge in [-0.3, -0.25) is 0 Å². The van der Waals surface area contributed by atoms with Crippen LogP contribution in [0.5, 0.6) is 0 Å². The van der Waals surface area contributed by atoms with Gasteiger partial charge in [-0.15, -0.1) is 11.3 Å². The van der Waals surface area contributed by atoms with Crippen LogP contribution in [0, 0.1) is 5.92 Å². The van der Waals surface area contributed by atoms with Gasteiger partial charge in [-0.05, 0) is 18.8 Å². The first-order valence-electron chi connectivity index (χ1n) is 6.61. The molecule has 1 aliphatic rings. The molecule has 0 aliphatic heterocycles. The highest BCUT2D eigenvalue weighted by Gasteiger charge is 2.23. The van der Waals surface area contributed by atoms with Crippen LogP contribution in [0.2, 0.25) is 0 Å². The standard InChI is InChI=1S/C13H20N2O2S/c1-2-9-5-3-4-6-11(9)14-7-10-8-18-12(15-10)13(16)17/h8-9,11,14H,2-7H2,1H3,(H,16,17). The number of nitrogens with one attached hydrogen (secondary N) is 1. The molecule has 2 atom stereocenters. The molecule has 100 valence electrons. The van der Waals surface area contributed by atoms with Crippen LogP contribution >= 0.6 is 11.3 Å². The topological polar surface area (TPSA) is 62.2 Å². The zero-order valence-corrected chi connectivity index (χ0v) is 11.5. The van der Waals surface area contributed by atoms with Gasteiger partial charge in [0.1, 0.15) is 0 Å². The van der Waals surface area contributed by atoms with E-state index in [0.717, 1.165) is 11.6 Å². The predicted molar refractivity (Wildman–Crippen MR) is 72.0 cm³/mol. The second kappa shape index (κ2) is 6.29. The van der Waals surface area contributed by atoms with Crippen molar-refractivity contribution >= 4 is 17.3 Å². The Morgan fingerprint density at radius 1 is 1.56 bits per heavy atom. The fourth-order valence-corrected chi connectivity index (χ4v) is 3.34. The number of hydrogen-bond acceptors (Lipinski definition) is 4. The van der Waals surface area contributed by atoms with E-state index < -0.39 is 5.97 Å². The van der Waals surface area contributed by atoms with Gasteiger partial charge in [-0.2, -0.15) is 0 Å². The number of aromatic nitrogens is 1. The molecule has 1 fully saturated rings. The lowest BCUT2D eigenvalue weighted by atomic mass is 9.83. The Kier molecular flexibility index (Phi) is 4.72. The van der Waals surface area contributed by atoms with Crippen LogP contribution in [-0.4, -0.2) is 22.1 Å². The minimum absolute atomic E-state index is 0.183. The average Bonchev–Trinajstić information content (AvgIpc) is 2.85. The SMILES string of the molecule is CCC1CCCCC1NCc1csc(C(=O)O)n1. The number of thiazole rings is 1. The summed E-state index contributed by atoms with van der Waals surface area (Å²) in [5.41, 5.74) is 0.845. The lowest BCUT2D eigenvalue weighted by molar-refractivity contribution is 0.0696. The Morgan fingerprint density at radius 2 is 2.33 bits per heavy atom. The molecule has 5 heteroatoms. The van der Waals surface area contributed by atoms with E-state index >= 15 is 0 Å². The number of rotatable bonds is 5. The summed E-state index contributed by atoms with van der Waals surface area (Å²) in [5.74, 6) is -0.174. The average molecular weight is 268 g/mol. The summed E-state index contributed by atoms with van der Waals surface area (Å²) < 4.78 is 0. The van der Waals surface area contributed by atoms with Crippen molar-refractivity contribution in [3.8, 4) is 0 Å². The second-order valence-corrected chi connectivity index (χ2v) is 5.75. The van der Waals surface area contributed by atoms with Crippen LogP contribution in [0.25, 0.3) is 0 Å². The minimum atomic E-state index is -0.935. The van der Waals surface area contributed by atoms with Crippen molar-refractivity contribution in [2.24, 2.45) is 5.92 Å². The fraction of sp³-hybridized carbons (Fsp3) is 0.692. The number of hydrogen-bond donors (Lipinski definition) is 2. The Hall–Kier alpha value is -0.940. The van der Waals surface area contributed by atoms with Gasteiger partial charge >= 0.3 is 5.97 Å². The van der Waals surface area contributed by atoms with Gasteiger partial charge in [0.2, 0.25) is 5.01 Å². The fourth-order valence-electron chi connectivity index (χ4n) is 2.69. The summed E-state index contributed by atoms with van der Waals surface area (Å²) in [4.78, 5) is 14.8. The molecular weight excluding hydrogens is 248 g/mol. The molecular formula is C13H20N2O2S. The second-order valence-electron chi connectivity index (χ2n) is 4.89. The van der Waals surface area contributed by atoms with Crippen LogP contribution in [-0.2, 0) is 6.54 Å². The Morgan fingerprint density at radius 3 is 3.00 bits per heavy atom. The molecule has 2 unspecified atom stereocenters. The van der Waals surface area contributed by atoms with E-state index in [9.17, 15) is 4.79 Å². The van der Waals surface area contributed by atoms with Crippen molar-refractivity contribution in [2.75, 3.05) is 0 Å². The molecule has 0 bridgehead atoms. The quantitative estimate of drug-likeness (QED) is 0.862. The molecule has 4 nitrogen and oxygen atoms in total. The maximum absolute atomic E-state index is 10.7. The largest absolute Gasteiger partial charge is 0.476 e. The number of nitrogens with zero attached hydrogens (tertiary/aromatic N) is 1. The summed E-state index contributed by atoms with van der Waals surface area (Å²) in [6.45, 7) is 2.93. The van der Waals surface area contributed by atoms with Crippen LogP contribution in [0.15, 0.2) is 5.38 Å². The van der Waals surface area contributed by atoms with Gasteiger partial charge in [0, 0.05) is 18.0 Å². The first-order chi connectivity index (χ1) is 8.70. The summed E-state index contributed by atoms with van der Waals surface area (Å²) in [7, 11) is 0. The van der Waals surface area contributed by atoms with Gasteiger partial charge in [0.15, 0.2) is 0 Å². The molecule has 1 saturated carbocycles. The number of carboxylic acids is 1. The third kappa shape index (κ3) is 3.29. The van der Waals surface area contributed by atoms with Gasteiger partial charge in [0.25, 0.3) is 0 Å². The van der Waals surface area contributed by atoms with Crippen LogP contribution in [0.3, 0.4) is 0 Å². The first kappa shape index (κ1) is 13.5. The molecule has 0 spiro atoms. The predicted octanol–water partition coefficient (Wildman–Crippen LogP) is 2.90. The molecule has 1 heterocycles. The molecule has 1 aromatic heterocycles. The van der Waals surface area contributed by atoms with Gasteiger partial charge < -0.3 is 10.4 Å². The zero-order chi connectivity index (χ0) is 13.0. The molecule has 18 heavy (non-hydrogen) atoms. The van der Waals surface area contributed by atoms with E-state index in [-0.39, 0.29) is 5.01 Å². The molecule has 0 radical (unpaired) electrons. The van der Waals surface area contributed by atoms with Crippen LogP contribution in [0.1, 0.15) is 54.5 Å². The zero-order valence-electron chi connectivity index (χ0n) is 10.7. The summed E-state index contributed by atoms with van der Waals surface area (Å²) in [5, 5.41) is 14.4. The van der Waals surface area contributed by atoms with Gasteiger partial charge in [0.05, 0.1) is 5.69 Å². The van der Waals surface area contributed by atoms with Crippen molar-refractivity contribution in [3.05, 3.63) is 16.1 Å². The van der Waals surface area contributed by atoms with Crippen LogP contribution < -0.4 is 5.32 Å². The molecule has 1 aromatic rings. The smallest absolute Gasteiger partial charge is 0.365 e. The van der Waals surface area contributed by atoms with E-state index in [1.165, 1.54) is 43.4 Å². The van der Waals surface area contributed by atoms with Crippen molar-refractivity contribution in [1.82, 2.24) is 10.3 Å². The molecule has 0 amide bonds. The first-order valence-corrected chi connectivity index (χ1v) is 7.49. The van der Waals surface area contributed by atoms with Gasteiger partial charge in [-0.1, -0.05) is 26.2 Å². The number of aromatic carboxylic acids is 1. The maximum atomic E-state index is 10.7. The highest BCUT2D eigenvalue weighted by Crippen LogP contribution is 2.27. The maximum Gasteiger partial charge on any atom is 0.365 e. The number of carbonyl (C=O) groups is 1. The lowest BCUT2D eigenvalue weighted by Crippen LogP contribution is -2.37. The minimum Gasteiger partial charge on any atom is -0.476 e. The highest BCUT2D eigenvalue weighted by molar-refractivity contribution is 7.11. The molecule has 2 rings (SSSR count). The summed E-state index contributed by atoms with van der Waals surface area (Å²) in [6.07, 6.45) is 6.40. The van der Waals surface area contributed by atoms with Crippen LogP contribution in [0.4, 0.5) is 0 Å².